The first-order chi connectivity index (χ1) is 9.60. The van der Waals surface area contributed by atoms with Gasteiger partial charge in [-0.3, -0.25) is 4.79 Å². The van der Waals surface area contributed by atoms with Gasteiger partial charge < -0.3 is 9.73 Å². The molecule has 0 saturated carbocycles. The molecule has 2 rings (SSSR count). The van der Waals surface area contributed by atoms with E-state index in [-0.39, 0.29) is 11.2 Å². The number of hydrogen-bond donors (Lipinski definition) is 1. The highest BCUT2D eigenvalue weighted by Crippen LogP contribution is 2.27. The summed E-state index contributed by atoms with van der Waals surface area (Å²) in [6.45, 7) is 3.77. The normalized spacial score (nSPS) is 12.2. The molecule has 1 aromatic carbocycles. The van der Waals surface area contributed by atoms with Gasteiger partial charge in [-0.1, -0.05) is 42.1 Å². The van der Waals surface area contributed by atoms with Crippen LogP contribution < -0.4 is 5.32 Å². The molecule has 106 valence electrons. The van der Waals surface area contributed by atoms with E-state index in [4.69, 9.17) is 4.42 Å². The van der Waals surface area contributed by atoms with Crippen molar-refractivity contribution in [3.05, 3.63) is 47.3 Å². The van der Waals surface area contributed by atoms with Crippen LogP contribution in [0.3, 0.4) is 0 Å². The summed E-state index contributed by atoms with van der Waals surface area (Å²) >= 11 is 1.36. The number of nitrogens with one attached hydrogen (secondary N) is 1. The van der Waals surface area contributed by atoms with E-state index in [2.05, 4.69) is 10.3 Å². The molecular weight excluding hydrogens is 272 g/mol. The van der Waals surface area contributed by atoms with Gasteiger partial charge in [0.1, 0.15) is 5.76 Å². The molecule has 4 nitrogen and oxygen atoms in total. The smallest absolute Gasteiger partial charge is 0.256 e. The average molecular weight is 290 g/mol. The van der Waals surface area contributed by atoms with Crippen LogP contribution >= 0.6 is 11.8 Å². The third-order valence-electron chi connectivity index (χ3n) is 3.05. The highest BCUT2D eigenvalue weighted by Gasteiger charge is 2.22. The number of oxazole rings is 1. The number of benzene rings is 1. The summed E-state index contributed by atoms with van der Waals surface area (Å²) in [6.07, 6.45) is 0.644. The predicted molar refractivity (Wildman–Crippen MR) is 79.8 cm³/mol. The molecule has 0 aliphatic rings. The highest BCUT2D eigenvalue weighted by molar-refractivity contribution is 8.00. The molecule has 1 N–H and O–H groups in total. The molecule has 0 radical (unpaired) electrons. The quantitative estimate of drug-likeness (QED) is 0.860. The van der Waals surface area contributed by atoms with Crippen LogP contribution in [0.5, 0.6) is 0 Å². The van der Waals surface area contributed by atoms with Crippen molar-refractivity contribution in [1.29, 1.82) is 0 Å². The topological polar surface area (TPSA) is 55.1 Å². The molecule has 0 aliphatic heterocycles. The number of nitrogens with zero attached hydrogens (tertiary/aromatic N) is 1. The lowest BCUT2D eigenvalue weighted by Gasteiger charge is -2.13. The third kappa shape index (κ3) is 3.63. The van der Waals surface area contributed by atoms with E-state index in [1.165, 1.54) is 11.8 Å². The van der Waals surface area contributed by atoms with Gasteiger partial charge in [0.2, 0.25) is 5.91 Å². The van der Waals surface area contributed by atoms with E-state index in [1.54, 1.807) is 7.05 Å². The molecule has 1 atom stereocenters. The van der Waals surface area contributed by atoms with Crippen LogP contribution in [-0.2, 0) is 11.2 Å². The van der Waals surface area contributed by atoms with Gasteiger partial charge in [0, 0.05) is 7.05 Å². The van der Waals surface area contributed by atoms with E-state index in [9.17, 15) is 4.79 Å². The summed E-state index contributed by atoms with van der Waals surface area (Å²) in [5, 5.41) is 2.99. The van der Waals surface area contributed by atoms with E-state index >= 15 is 0 Å². The Morgan fingerprint density at radius 1 is 1.35 bits per heavy atom. The summed E-state index contributed by atoms with van der Waals surface area (Å²) in [7, 11) is 1.65. The maximum absolute atomic E-state index is 12.0. The van der Waals surface area contributed by atoms with Crippen LogP contribution in [0.25, 0.3) is 0 Å². The molecule has 0 spiro atoms. The Morgan fingerprint density at radius 3 is 2.60 bits per heavy atom. The van der Waals surface area contributed by atoms with Crippen LogP contribution in [-0.4, -0.2) is 23.2 Å². The number of carbonyl (C=O) groups excluding carboxylic acids is 1. The molecule has 20 heavy (non-hydrogen) atoms. The third-order valence-corrected chi connectivity index (χ3v) is 4.10. The minimum absolute atomic E-state index is 0.0210. The van der Waals surface area contributed by atoms with Gasteiger partial charge in [-0.05, 0) is 25.8 Å². The fraction of sp³-hybridized carbons (Fsp3) is 0.333. The van der Waals surface area contributed by atoms with Gasteiger partial charge >= 0.3 is 0 Å². The van der Waals surface area contributed by atoms with Crippen molar-refractivity contribution in [3.8, 4) is 0 Å². The second kappa shape index (κ2) is 6.61. The Kier molecular flexibility index (Phi) is 4.84. The Hall–Kier alpha value is -1.75. The monoisotopic (exact) mass is 290 g/mol. The van der Waals surface area contributed by atoms with E-state index in [0.717, 1.165) is 17.0 Å². The van der Waals surface area contributed by atoms with Gasteiger partial charge in [0.25, 0.3) is 5.22 Å². The predicted octanol–water partition coefficient (Wildman–Crippen LogP) is 2.74. The molecule has 1 heterocycles. The SMILES string of the molecule is CNC(=O)C(Cc1ccccc1)Sc1nc(C)c(C)o1. The Labute approximate surface area is 123 Å². The number of amides is 1. The van der Waals surface area contributed by atoms with Gasteiger partial charge in [0.05, 0.1) is 10.9 Å². The van der Waals surface area contributed by atoms with Crippen LogP contribution in [0.4, 0.5) is 0 Å². The molecule has 1 aromatic heterocycles. The number of thioether (sulfide) groups is 1. The van der Waals surface area contributed by atoms with E-state index < -0.39 is 0 Å². The Morgan fingerprint density at radius 2 is 2.05 bits per heavy atom. The highest BCUT2D eigenvalue weighted by atomic mass is 32.2. The first-order valence-corrected chi connectivity index (χ1v) is 7.34. The molecule has 0 aliphatic carbocycles. The van der Waals surface area contributed by atoms with Crippen LogP contribution in [0, 0.1) is 13.8 Å². The molecule has 0 saturated heterocycles. The van der Waals surface area contributed by atoms with Crippen LogP contribution in [0.1, 0.15) is 17.0 Å². The maximum Gasteiger partial charge on any atom is 0.256 e. The fourth-order valence-corrected chi connectivity index (χ4v) is 2.90. The van der Waals surface area contributed by atoms with Crippen molar-refractivity contribution in [1.82, 2.24) is 10.3 Å². The first kappa shape index (κ1) is 14.7. The molecule has 1 amide bonds. The number of rotatable bonds is 5. The zero-order chi connectivity index (χ0) is 14.5. The van der Waals surface area contributed by atoms with Crippen LogP contribution in [0.15, 0.2) is 40.0 Å². The van der Waals surface area contributed by atoms with Crippen molar-refractivity contribution in [3.63, 3.8) is 0 Å². The van der Waals surface area contributed by atoms with Crippen LogP contribution in [0.2, 0.25) is 0 Å². The summed E-state index contributed by atoms with van der Waals surface area (Å²) < 4.78 is 5.55. The van der Waals surface area contributed by atoms with Gasteiger partial charge in [-0.2, -0.15) is 0 Å². The standard InChI is InChI=1S/C15H18N2O2S/c1-10-11(2)19-15(17-10)20-13(14(18)16-3)9-12-7-5-4-6-8-12/h4-8,13H,9H2,1-3H3,(H,16,18). The van der Waals surface area contributed by atoms with Crippen molar-refractivity contribution in [2.24, 2.45) is 0 Å². The van der Waals surface area contributed by atoms with Crippen molar-refractivity contribution >= 4 is 17.7 Å². The Balaban J connectivity index is 2.13. The zero-order valence-electron chi connectivity index (χ0n) is 11.8. The minimum Gasteiger partial charge on any atom is -0.437 e. The fourth-order valence-electron chi connectivity index (χ4n) is 1.79. The van der Waals surface area contributed by atoms with Gasteiger partial charge in [-0.15, -0.1) is 0 Å². The number of aromatic nitrogens is 1. The van der Waals surface area contributed by atoms with Crippen molar-refractivity contribution in [2.45, 2.75) is 30.7 Å². The van der Waals surface area contributed by atoms with Gasteiger partial charge in [0.15, 0.2) is 0 Å². The lowest BCUT2D eigenvalue weighted by molar-refractivity contribution is -0.120. The lowest BCUT2D eigenvalue weighted by Crippen LogP contribution is -2.31. The molecule has 0 fully saturated rings. The van der Waals surface area contributed by atoms with E-state index in [0.29, 0.717) is 11.6 Å². The maximum atomic E-state index is 12.0. The zero-order valence-corrected chi connectivity index (χ0v) is 12.7. The average Bonchev–Trinajstić information content (AvgIpc) is 2.77. The first-order valence-electron chi connectivity index (χ1n) is 6.46. The number of carbonyl (C=O) groups is 1. The number of aryl methyl sites for hydroxylation is 2. The summed E-state index contributed by atoms with van der Waals surface area (Å²) in [6, 6.07) is 9.94. The van der Waals surface area contributed by atoms with Crippen molar-refractivity contribution < 1.29 is 9.21 Å². The van der Waals surface area contributed by atoms with Crippen molar-refractivity contribution in [2.75, 3.05) is 7.05 Å². The summed E-state index contributed by atoms with van der Waals surface area (Å²) in [4.78, 5) is 16.3. The molecule has 1 unspecified atom stereocenters. The van der Waals surface area contributed by atoms with E-state index in [1.807, 2.05) is 44.2 Å². The van der Waals surface area contributed by atoms with Gasteiger partial charge in [-0.25, -0.2) is 4.98 Å². The summed E-state index contributed by atoms with van der Waals surface area (Å²) in [5.74, 6) is 0.773. The molecule has 5 heteroatoms. The molecular formula is C15H18N2O2S. The number of hydrogen-bond acceptors (Lipinski definition) is 4. The minimum atomic E-state index is -0.250. The largest absolute Gasteiger partial charge is 0.437 e. The Bertz CT molecular complexity index is 561. The summed E-state index contributed by atoms with van der Waals surface area (Å²) in [5.41, 5.74) is 1.98. The molecule has 0 bridgehead atoms. The lowest BCUT2D eigenvalue weighted by atomic mass is 10.1. The second-order valence-corrected chi connectivity index (χ2v) is 5.69. The second-order valence-electron chi connectivity index (χ2n) is 4.53. The molecule has 2 aromatic rings.